The van der Waals surface area contributed by atoms with Crippen molar-refractivity contribution in [2.75, 3.05) is 53.6 Å². The van der Waals surface area contributed by atoms with E-state index >= 15 is 0 Å². The zero-order chi connectivity index (χ0) is 28.6. The minimum absolute atomic E-state index is 0.227. The maximum Gasteiger partial charge on any atom is 0.416 e. The highest BCUT2D eigenvalue weighted by Gasteiger charge is 2.35. The van der Waals surface area contributed by atoms with Gasteiger partial charge in [-0.25, -0.2) is 18.4 Å². The Labute approximate surface area is 229 Å². The number of alkyl halides is 2. The zero-order valence-corrected chi connectivity index (χ0v) is 22.5. The van der Waals surface area contributed by atoms with Crippen LogP contribution in [0.3, 0.4) is 0 Å². The van der Waals surface area contributed by atoms with E-state index in [0.717, 1.165) is 16.5 Å². The number of hydrogen-bond donors (Lipinski definition) is 1. The molecule has 1 atom stereocenters. The lowest BCUT2D eigenvalue weighted by molar-refractivity contribution is 0.0230. The summed E-state index contributed by atoms with van der Waals surface area (Å²) in [7, 11) is 2.84. The molecule has 2 aliphatic rings. The molecule has 1 N–H and O–H groups in total. The number of fused-ring (bicyclic) bond motifs is 2. The van der Waals surface area contributed by atoms with Gasteiger partial charge < -0.3 is 24.1 Å². The van der Waals surface area contributed by atoms with Gasteiger partial charge in [-0.15, -0.1) is 0 Å². The smallest absolute Gasteiger partial charge is 0.416 e. The molecule has 12 heteroatoms. The van der Waals surface area contributed by atoms with Gasteiger partial charge in [-0.05, 0) is 30.7 Å². The van der Waals surface area contributed by atoms with Crippen LogP contribution in [0, 0.1) is 6.92 Å². The summed E-state index contributed by atoms with van der Waals surface area (Å²) in [5, 5.41) is 10.4. The van der Waals surface area contributed by atoms with Gasteiger partial charge >= 0.3 is 12.1 Å². The third-order valence-corrected chi connectivity index (χ3v) is 7.47. The molecule has 1 aromatic heterocycles. The Kier molecular flexibility index (Phi) is 7.81. The second-order valence-corrected chi connectivity index (χ2v) is 9.79. The Morgan fingerprint density at radius 1 is 1.12 bits per heavy atom. The monoisotopic (exact) mass is 559 g/mol. The summed E-state index contributed by atoms with van der Waals surface area (Å²) in [6.45, 7) is 3.48. The molecular weight excluding hydrogens is 528 g/mol. The molecule has 0 unspecified atom stereocenters. The number of aryl methyl sites for hydroxylation is 1. The largest absolute Gasteiger partial charge is 0.496 e. The number of carbonyl (C=O) groups excluding carboxylic acids is 1. The van der Waals surface area contributed by atoms with E-state index in [0.29, 0.717) is 42.2 Å². The molecule has 0 aliphatic carbocycles. The van der Waals surface area contributed by atoms with Crippen LogP contribution in [0.2, 0.25) is 0 Å². The first-order valence-electron chi connectivity index (χ1n) is 12.9. The number of carboxylic acid groups (broad SMARTS) is 1. The van der Waals surface area contributed by atoms with Crippen molar-refractivity contribution in [1.29, 1.82) is 0 Å². The molecular formula is C28H31F2N3O7. The molecule has 2 aliphatic heterocycles. The lowest BCUT2D eigenvalue weighted by Crippen LogP contribution is -2.49. The highest BCUT2D eigenvalue weighted by molar-refractivity contribution is 5.95. The number of benzene rings is 2. The number of nitrogens with zero attached hydrogens (tertiary/aromatic N) is 3. The van der Waals surface area contributed by atoms with Crippen LogP contribution in [0.1, 0.15) is 33.1 Å². The number of aromatic nitrogens is 1. The highest BCUT2D eigenvalue weighted by atomic mass is 19.3. The van der Waals surface area contributed by atoms with Gasteiger partial charge in [-0.2, -0.15) is 0 Å². The topological polar surface area (TPSA) is 103 Å². The van der Waals surface area contributed by atoms with E-state index < -0.39 is 24.5 Å². The molecule has 3 heterocycles. The van der Waals surface area contributed by atoms with Crippen molar-refractivity contribution in [2.24, 2.45) is 0 Å². The van der Waals surface area contributed by atoms with E-state index in [2.05, 4.69) is 4.90 Å². The standard InChI is InChI=1S/C28H31F2N3O7/c1-16-12-22(37-2)20(17-6-7-33(24(16)17)28(35)36)13-32-9-8-31(15-23(29)30)14-21(32)18-4-5-19(27(34)38-3)26-25(18)39-10-11-40-26/h4-7,12,21,23H,8-11,13-15H2,1-3H3,(H,35,36)/t21-/m1/s1. The van der Waals surface area contributed by atoms with Crippen molar-refractivity contribution in [3.8, 4) is 17.2 Å². The van der Waals surface area contributed by atoms with E-state index in [4.69, 9.17) is 18.9 Å². The van der Waals surface area contributed by atoms with Crippen LogP contribution < -0.4 is 14.2 Å². The van der Waals surface area contributed by atoms with Crippen LogP contribution in [-0.2, 0) is 11.3 Å². The predicted molar refractivity (Wildman–Crippen MR) is 141 cm³/mol. The number of methoxy groups -OCH3 is 2. The molecule has 40 heavy (non-hydrogen) atoms. The summed E-state index contributed by atoms with van der Waals surface area (Å²) in [6.07, 6.45) is -2.08. The first kappa shape index (κ1) is 27.7. The molecule has 2 aromatic carbocycles. The number of ether oxygens (including phenoxy) is 4. The van der Waals surface area contributed by atoms with Crippen molar-refractivity contribution in [1.82, 2.24) is 14.4 Å². The quantitative estimate of drug-likeness (QED) is 0.428. The van der Waals surface area contributed by atoms with Gasteiger partial charge in [0.25, 0.3) is 6.43 Å². The number of rotatable bonds is 7. The lowest BCUT2D eigenvalue weighted by Gasteiger charge is -2.42. The minimum atomic E-state index is -2.49. The van der Waals surface area contributed by atoms with Crippen LogP contribution in [0.15, 0.2) is 30.5 Å². The highest BCUT2D eigenvalue weighted by Crippen LogP contribution is 2.44. The first-order valence-corrected chi connectivity index (χ1v) is 12.9. The maximum atomic E-state index is 13.4. The van der Waals surface area contributed by atoms with Gasteiger partial charge in [0.1, 0.15) is 24.5 Å². The number of piperazine rings is 1. The predicted octanol–water partition coefficient (Wildman–Crippen LogP) is 4.17. The van der Waals surface area contributed by atoms with Crippen molar-refractivity contribution >= 4 is 23.0 Å². The Morgan fingerprint density at radius 2 is 1.88 bits per heavy atom. The summed E-state index contributed by atoms with van der Waals surface area (Å²) in [5.74, 6) is 0.698. The third-order valence-electron chi connectivity index (χ3n) is 7.47. The summed E-state index contributed by atoms with van der Waals surface area (Å²) in [4.78, 5) is 28.1. The van der Waals surface area contributed by atoms with Crippen molar-refractivity contribution in [3.05, 3.63) is 52.7 Å². The van der Waals surface area contributed by atoms with Crippen LogP contribution >= 0.6 is 0 Å². The molecule has 5 rings (SSSR count). The van der Waals surface area contributed by atoms with Crippen LogP contribution in [-0.4, -0.2) is 91.6 Å². The molecule has 0 amide bonds. The average molecular weight is 560 g/mol. The van der Waals surface area contributed by atoms with Gasteiger partial charge in [0.2, 0.25) is 0 Å². The lowest BCUT2D eigenvalue weighted by atomic mass is 9.96. The molecule has 0 bridgehead atoms. The van der Waals surface area contributed by atoms with Crippen molar-refractivity contribution in [3.63, 3.8) is 0 Å². The minimum Gasteiger partial charge on any atom is -0.496 e. The van der Waals surface area contributed by atoms with Crippen LogP contribution in [0.25, 0.3) is 10.9 Å². The molecule has 10 nitrogen and oxygen atoms in total. The Hall–Kier alpha value is -3.90. The van der Waals surface area contributed by atoms with E-state index in [-0.39, 0.29) is 37.6 Å². The molecule has 0 saturated carbocycles. The SMILES string of the molecule is COC(=O)c1ccc([C@H]2CN(CC(F)F)CCN2Cc2c(OC)cc(C)c3c2ccn3C(=O)O)c2c1OCCO2. The molecule has 3 aromatic rings. The van der Waals surface area contributed by atoms with E-state index in [1.807, 2.05) is 13.0 Å². The van der Waals surface area contributed by atoms with Crippen LogP contribution in [0.5, 0.6) is 17.2 Å². The molecule has 214 valence electrons. The second-order valence-electron chi connectivity index (χ2n) is 9.79. The van der Waals surface area contributed by atoms with Gasteiger partial charge in [-0.3, -0.25) is 14.4 Å². The summed E-state index contributed by atoms with van der Waals surface area (Å²) >= 11 is 0. The fourth-order valence-electron chi connectivity index (χ4n) is 5.68. The summed E-state index contributed by atoms with van der Waals surface area (Å²) < 4.78 is 50.4. The second kappa shape index (κ2) is 11.3. The van der Waals surface area contributed by atoms with Crippen molar-refractivity contribution in [2.45, 2.75) is 25.9 Å². The van der Waals surface area contributed by atoms with Crippen LogP contribution in [0.4, 0.5) is 13.6 Å². The van der Waals surface area contributed by atoms with Crippen molar-refractivity contribution < 1.29 is 42.4 Å². The van der Waals surface area contributed by atoms with E-state index in [1.165, 1.54) is 17.9 Å². The zero-order valence-electron chi connectivity index (χ0n) is 22.5. The molecule has 0 spiro atoms. The van der Waals surface area contributed by atoms with Gasteiger partial charge in [-0.1, -0.05) is 6.07 Å². The maximum absolute atomic E-state index is 13.4. The number of carbonyl (C=O) groups is 2. The summed E-state index contributed by atoms with van der Waals surface area (Å²) in [6, 6.07) is 6.52. The number of esters is 1. The number of halogens is 2. The average Bonchev–Trinajstić information content (AvgIpc) is 3.40. The Balaban J connectivity index is 1.60. The van der Waals surface area contributed by atoms with Gasteiger partial charge in [0.05, 0.1) is 32.3 Å². The normalized spacial score (nSPS) is 17.8. The van der Waals surface area contributed by atoms with Gasteiger partial charge in [0.15, 0.2) is 11.5 Å². The molecule has 0 radical (unpaired) electrons. The van der Waals surface area contributed by atoms with E-state index in [9.17, 15) is 23.5 Å². The molecule has 1 fully saturated rings. The fraction of sp³-hybridized carbons (Fsp3) is 0.429. The Morgan fingerprint density at radius 3 is 2.55 bits per heavy atom. The third kappa shape index (κ3) is 5.04. The van der Waals surface area contributed by atoms with Gasteiger partial charge in [0, 0.05) is 48.9 Å². The molecule has 1 saturated heterocycles. The summed E-state index contributed by atoms with van der Waals surface area (Å²) in [5.41, 5.74) is 3.02. The number of hydrogen-bond acceptors (Lipinski definition) is 8. The first-order chi connectivity index (χ1) is 19.2. The Bertz CT molecular complexity index is 1440. The van der Waals surface area contributed by atoms with E-state index in [1.54, 1.807) is 30.2 Å². The fourth-order valence-corrected chi connectivity index (χ4v) is 5.68.